The molecule has 1 fully saturated rings. The van der Waals surface area contributed by atoms with Crippen molar-refractivity contribution in [1.29, 1.82) is 0 Å². The number of ether oxygens (including phenoxy) is 1. The number of hydrogen-bond acceptors (Lipinski definition) is 4. The summed E-state index contributed by atoms with van der Waals surface area (Å²) < 4.78 is 5.10. The van der Waals surface area contributed by atoms with Crippen molar-refractivity contribution >= 4 is 17.2 Å². The Balaban J connectivity index is 2.24. The second kappa shape index (κ2) is 5.38. The fourth-order valence-electron chi connectivity index (χ4n) is 2.24. The van der Waals surface area contributed by atoms with Crippen LogP contribution in [0.4, 0.5) is 0 Å². The molecule has 1 aromatic rings. The van der Waals surface area contributed by atoms with Crippen LogP contribution in [-0.2, 0) is 9.53 Å². The van der Waals surface area contributed by atoms with E-state index in [4.69, 9.17) is 4.74 Å². The summed E-state index contributed by atoms with van der Waals surface area (Å²) in [6.45, 7) is 5.20. The zero-order valence-corrected chi connectivity index (χ0v) is 11.9. The Morgan fingerprint density at radius 3 is 2.94 bits per heavy atom. The van der Waals surface area contributed by atoms with Crippen molar-refractivity contribution in [3.05, 3.63) is 22.4 Å². The van der Waals surface area contributed by atoms with Crippen LogP contribution in [0.25, 0.3) is 0 Å². The van der Waals surface area contributed by atoms with Gasteiger partial charge >= 0.3 is 0 Å². The molecule has 1 aromatic heterocycles. The number of thiophene rings is 1. The van der Waals surface area contributed by atoms with Gasteiger partial charge in [-0.25, -0.2) is 0 Å². The first-order valence-electron chi connectivity index (χ1n) is 6.22. The predicted octanol–water partition coefficient (Wildman–Crippen LogP) is 1.99. The Morgan fingerprint density at radius 1 is 1.61 bits per heavy atom. The summed E-state index contributed by atoms with van der Waals surface area (Å²) in [7, 11) is 1.66. The maximum absolute atomic E-state index is 12.5. The van der Waals surface area contributed by atoms with Gasteiger partial charge in [0.1, 0.15) is 6.17 Å². The molecule has 0 radical (unpaired) electrons. The van der Waals surface area contributed by atoms with E-state index in [0.717, 1.165) is 12.0 Å². The Bertz CT molecular complexity index is 407. The van der Waals surface area contributed by atoms with Gasteiger partial charge < -0.3 is 9.64 Å². The molecule has 1 amide bonds. The van der Waals surface area contributed by atoms with Crippen molar-refractivity contribution < 1.29 is 9.53 Å². The highest BCUT2D eigenvalue weighted by molar-refractivity contribution is 7.07. The first kappa shape index (κ1) is 13.5. The largest absolute Gasteiger partial charge is 0.383 e. The molecule has 1 aliphatic rings. The number of carbonyl (C=O) groups is 1. The van der Waals surface area contributed by atoms with Gasteiger partial charge in [0.05, 0.1) is 12.1 Å². The lowest BCUT2D eigenvalue weighted by atomic mass is 9.99. The van der Waals surface area contributed by atoms with Crippen LogP contribution in [0.1, 0.15) is 32.0 Å². The molecule has 0 aromatic carbocycles. The molecule has 1 saturated heterocycles. The molecule has 1 N–H and O–H groups in total. The van der Waals surface area contributed by atoms with Crippen LogP contribution in [0.3, 0.4) is 0 Å². The van der Waals surface area contributed by atoms with E-state index in [1.807, 2.05) is 24.1 Å². The van der Waals surface area contributed by atoms with Crippen LogP contribution in [0.5, 0.6) is 0 Å². The highest BCUT2D eigenvalue weighted by Gasteiger charge is 2.46. The molecule has 100 valence electrons. The van der Waals surface area contributed by atoms with E-state index < -0.39 is 5.54 Å². The minimum atomic E-state index is -0.458. The van der Waals surface area contributed by atoms with Crippen molar-refractivity contribution in [3.8, 4) is 0 Å². The summed E-state index contributed by atoms with van der Waals surface area (Å²) in [5.41, 5.74) is 0.696. The Morgan fingerprint density at radius 2 is 2.39 bits per heavy atom. The number of hydrogen-bond donors (Lipinski definition) is 1. The third kappa shape index (κ3) is 2.30. The van der Waals surface area contributed by atoms with Gasteiger partial charge in [-0.3, -0.25) is 10.1 Å². The summed E-state index contributed by atoms with van der Waals surface area (Å²) in [6.07, 6.45) is 0.763. The number of rotatable bonds is 5. The molecule has 0 bridgehead atoms. The fraction of sp³-hybridized carbons (Fsp3) is 0.615. The van der Waals surface area contributed by atoms with Crippen molar-refractivity contribution in [2.75, 3.05) is 20.3 Å². The molecule has 2 atom stereocenters. The van der Waals surface area contributed by atoms with Crippen molar-refractivity contribution in [3.63, 3.8) is 0 Å². The molecule has 0 saturated carbocycles. The average Bonchev–Trinajstić information content (AvgIpc) is 2.97. The summed E-state index contributed by atoms with van der Waals surface area (Å²) in [5.74, 6) is 0.165. The van der Waals surface area contributed by atoms with E-state index in [1.54, 1.807) is 18.4 Å². The van der Waals surface area contributed by atoms with Gasteiger partial charge in [-0.05, 0) is 35.7 Å². The Labute approximate surface area is 112 Å². The van der Waals surface area contributed by atoms with Crippen LogP contribution >= 0.6 is 11.3 Å². The van der Waals surface area contributed by atoms with Crippen LogP contribution in [0, 0.1) is 0 Å². The quantitative estimate of drug-likeness (QED) is 0.888. The smallest absolute Gasteiger partial charge is 0.244 e. The Kier molecular flexibility index (Phi) is 4.04. The van der Waals surface area contributed by atoms with Crippen LogP contribution in [-0.4, -0.2) is 36.6 Å². The third-order valence-corrected chi connectivity index (χ3v) is 4.30. The molecule has 5 heteroatoms. The summed E-state index contributed by atoms with van der Waals surface area (Å²) in [6, 6.07) is 2.07. The van der Waals surface area contributed by atoms with Crippen LogP contribution in [0.15, 0.2) is 16.8 Å². The topological polar surface area (TPSA) is 41.6 Å². The standard InChI is InChI=1S/C13H20N2O2S/c1-4-13(2)12(16)15(6-7-17-3)11(14-13)10-5-8-18-9-10/h5,8-9,11,14H,4,6-7H2,1-3H3. The van der Waals surface area contributed by atoms with Gasteiger partial charge in [0.15, 0.2) is 0 Å². The average molecular weight is 268 g/mol. The minimum Gasteiger partial charge on any atom is -0.383 e. The molecule has 1 aliphatic heterocycles. The summed E-state index contributed by atoms with van der Waals surface area (Å²) in [4.78, 5) is 14.4. The van der Waals surface area contributed by atoms with Gasteiger partial charge in [0.25, 0.3) is 0 Å². The van der Waals surface area contributed by atoms with Gasteiger partial charge in [-0.15, -0.1) is 0 Å². The monoisotopic (exact) mass is 268 g/mol. The lowest BCUT2D eigenvalue weighted by molar-refractivity contribution is -0.133. The maximum Gasteiger partial charge on any atom is 0.244 e. The van der Waals surface area contributed by atoms with Crippen LogP contribution in [0.2, 0.25) is 0 Å². The van der Waals surface area contributed by atoms with Gasteiger partial charge in [-0.1, -0.05) is 6.92 Å². The third-order valence-electron chi connectivity index (χ3n) is 3.60. The van der Waals surface area contributed by atoms with E-state index in [9.17, 15) is 4.79 Å². The second-order valence-electron chi connectivity index (χ2n) is 4.78. The highest BCUT2D eigenvalue weighted by atomic mass is 32.1. The van der Waals surface area contributed by atoms with Crippen molar-refractivity contribution in [1.82, 2.24) is 10.2 Å². The fourth-order valence-corrected chi connectivity index (χ4v) is 2.92. The van der Waals surface area contributed by atoms with Crippen molar-refractivity contribution in [2.45, 2.75) is 32.0 Å². The van der Waals surface area contributed by atoms with Crippen molar-refractivity contribution in [2.24, 2.45) is 0 Å². The molecule has 2 unspecified atom stereocenters. The first-order chi connectivity index (χ1) is 8.62. The van der Waals surface area contributed by atoms with Gasteiger partial charge in [0, 0.05) is 13.7 Å². The van der Waals surface area contributed by atoms with Gasteiger partial charge in [-0.2, -0.15) is 11.3 Å². The molecule has 0 spiro atoms. The molecule has 2 rings (SSSR count). The molecular weight excluding hydrogens is 248 g/mol. The lowest BCUT2D eigenvalue weighted by Crippen LogP contribution is -2.43. The van der Waals surface area contributed by atoms with Crippen LogP contribution < -0.4 is 5.32 Å². The molecule has 18 heavy (non-hydrogen) atoms. The van der Waals surface area contributed by atoms with E-state index in [-0.39, 0.29) is 12.1 Å². The molecule has 4 nitrogen and oxygen atoms in total. The molecule has 0 aliphatic carbocycles. The number of carbonyl (C=O) groups excluding carboxylic acids is 1. The predicted molar refractivity (Wildman–Crippen MR) is 72.5 cm³/mol. The SMILES string of the molecule is CCC1(C)NC(c2ccsc2)N(CCOC)C1=O. The number of nitrogens with one attached hydrogen (secondary N) is 1. The number of methoxy groups -OCH3 is 1. The summed E-state index contributed by atoms with van der Waals surface area (Å²) in [5, 5.41) is 7.58. The van der Waals surface area contributed by atoms with E-state index >= 15 is 0 Å². The van der Waals surface area contributed by atoms with Gasteiger partial charge in [0.2, 0.25) is 5.91 Å². The normalized spacial score (nSPS) is 28.1. The first-order valence-corrected chi connectivity index (χ1v) is 7.16. The zero-order chi connectivity index (χ0) is 13.2. The maximum atomic E-state index is 12.5. The zero-order valence-electron chi connectivity index (χ0n) is 11.1. The summed E-state index contributed by atoms with van der Waals surface area (Å²) >= 11 is 1.65. The number of amides is 1. The second-order valence-corrected chi connectivity index (χ2v) is 5.56. The van der Waals surface area contributed by atoms with E-state index in [2.05, 4.69) is 16.8 Å². The lowest BCUT2D eigenvalue weighted by Gasteiger charge is -2.23. The minimum absolute atomic E-state index is 0.0242. The highest BCUT2D eigenvalue weighted by Crippen LogP contribution is 2.33. The van der Waals surface area contributed by atoms with E-state index in [1.165, 1.54) is 0 Å². The molecular formula is C13H20N2O2S. The molecule has 2 heterocycles. The number of nitrogens with zero attached hydrogens (tertiary/aromatic N) is 1. The Hall–Kier alpha value is -0.910. The van der Waals surface area contributed by atoms with E-state index in [0.29, 0.717) is 13.2 Å².